The van der Waals surface area contributed by atoms with Crippen molar-refractivity contribution in [1.82, 2.24) is 30.2 Å². The Hall–Kier alpha value is -5.31. The summed E-state index contributed by atoms with van der Waals surface area (Å²) in [6.07, 6.45) is 5.51. The third kappa shape index (κ3) is 9.26. The zero-order valence-electron chi connectivity index (χ0n) is 39.2. The molecule has 2 aromatic heterocycles. The van der Waals surface area contributed by atoms with Gasteiger partial charge in [-0.25, -0.2) is 5.43 Å². The molecule has 2 saturated heterocycles. The maximum Gasteiger partial charge on any atom is 0.324 e. The van der Waals surface area contributed by atoms with E-state index in [1.165, 1.54) is 9.91 Å². The molecule has 5 heterocycles. The maximum absolute atomic E-state index is 14.7. The van der Waals surface area contributed by atoms with Gasteiger partial charge in [0.2, 0.25) is 5.91 Å². The van der Waals surface area contributed by atoms with Gasteiger partial charge in [-0.05, 0) is 122 Å². The second kappa shape index (κ2) is 18.9. The number of methoxy groups -OCH3 is 1. The normalized spacial score (nSPS) is 24.3. The second-order valence-corrected chi connectivity index (χ2v) is 19.8. The topological polar surface area (TPSA) is 165 Å². The number of rotatable bonds is 9. The summed E-state index contributed by atoms with van der Waals surface area (Å²) in [5.74, 6) is -1.39. The van der Waals surface area contributed by atoms with E-state index in [1.807, 2.05) is 39.0 Å². The van der Waals surface area contributed by atoms with E-state index >= 15 is 0 Å². The molecule has 8 rings (SSSR count). The van der Waals surface area contributed by atoms with Crippen molar-refractivity contribution < 1.29 is 38.5 Å². The van der Waals surface area contributed by atoms with E-state index in [0.29, 0.717) is 50.4 Å². The molecule has 14 heteroatoms. The van der Waals surface area contributed by atoms with Crippen LogP contribution < -0.4 is 10.7 Å². The van der Waals surface area contributed by atoms with E-state index in [2.05, 4.69) is 54.3 Å². The quantitative estimate of drug-likeness (QED) is 0.153. The van der Waals surface area contributed by atoms with Crippen LogP contribution in [0.1, 0.15) is 96.6 Å². The number of pyridine rings is 1. The molecule has 0 unspecified atom stereocenters. The van der Waals surface area contributed by atoms with Gasteiger partial charge < -0.3 is 34.1 Å². The van der Waals surface area contributed by atoms with Gasteiger partial charge in [0.05, 0.1) is 30.7 Å². The zero-order chi connectivity index (χ0) is 46.3. The van der Waals surface area contributed by atoms with Gasteiger partial charge in [0.25, 0.3) is 11.8 Å². The second-order valence-electron chi connectivity index (χ2n) is 19.8. The number of nitrogens with one attached hydrogen (secondary N) is 2. The van der Waals surface area contributed by atoms with E-state index in [-0.39, 0.29) is 42.6 Å². The number of aromatic nitrogens is 2. The van der Waals surface area contributed by atoms with Crippen LogP contribution in [0.15, 0.2) is 54.7 Å². The number of carbonyl (C=O) groups excluding carboxylic acids is 4. The fraction of sp³-hybridized carbons (Fsp3) is 0.549. The average molecular weight is 891 g/mol. The molecule has 4 aromatic rings. The van der Waals surface area contributed by atoms with Gasteiger partial charge in [-0.1, -0.05) is 46.2 Å². The van der Waals surface area contributed by atoms with Crippen molar-refractivity contribution in [2.45, 2.75) is 123 Å². The van der Waals surface area contributed by atoms with Crippen LogP contribution in [-0.4, -0.2) is 106 Å². The number of fused-ring (bicyclic) bond motifs is 7. The number of likely N-dealkylation sites (N-methyl/N-ethyl adjacent to an activating group) is 1. The Labute approximate surface area is 382 Å². The number of aryl methyl sites for hydroxylation is 1. The van der Waals surface area contributed by atoms with E-state index in [4.69, 9.17) is 19.2 Å². The number of nitrogens with zero attached hydrogens (tertiary/aromatic N) is 4. The SMILES string of the molecule is CCn1c(-c2cccnc2[C@H](C)OC)c2c3cc(ccc31)-c1cc(O)cc(c1)C[C@H](NC(=O)[C@H](C(C)C)N(C)C(=O)[C@@H]1OC[C@@H]3CCC[C@@H]31)C(=O)N1CCC[C@H](N1)C(=O)OCC(C)(C)C2. The minimum absolute atomic E-state index is 0.0114. The molecule has 3 N–H and O–H groups in total. The van der Waals surface area contributed by atoms with Crippen LogP contribution in [0.3, 0.4) is 0 Å². The van der Waals surface area contributed by atoms with Gasteiger partial charge in [-0.15, -0.1) is 0 Å². The Bertz CT molecular complexity index is 2450. The molecule has 14 nitrogen and oxygen atoms in total. The van der Waals surface area contributed by atoms with E-state index in [9.17, 15) is 24.3 Å². The predicted octanol–water partition coefficient (Wildman–Crippen LogP) is 6.75. The number of ether oxygens (including phenoxy) is 3. The van der Waals surface area contributed by atoms with E-state index in [1.54, 1.807) is 32.5 Å². The number of amides is 3. The van der Waals surface area contributed by atoms with Crippen molar-refractivity contribution in [2.75, 3.05) is 33.9 Å². The number of hydrogen-bond acceptors (Lipinski definition) is 10. The number of aromatic hydroxyl groups is 1. The first-order valence-corrected chi connectivity index (χ1v) is 23.5. The Morgan fingerprint density at radius 3 is 2.62 bits per heavy atom. The molecular weight excluding hydrogens is 825 g/mol. The van der Waals surface area contributed by atoms with Crippen LogP contribution in [0.25, 0.3) is 33.3 Å². The summed E-state index contributed by atoms with van der Waals surface area (Å²) in [5, 5.41) is 16.8. The largest absolute Gasteiger partial charge is 0.508 e. The van der Waals surface area contributed by atoms with E-state index < -0.39 is 47.4 Å². The van der Waals surface area contributed by atoms with E-state index in [0.717, 1.165) is 63.8 Å². The fourth-order valence-corrected chi connectivity index (χ4v) is 10.9. The highest BCUT2D eigenvalue weighted by Gasteiger charge is 2.47. The smallest absolute Gasteiger partial charge is 0.324 e. The average Bonchev–Trinajstić information content (AvgIpc) is 4.00. The van der Waals surface area contributed by atoms with Gasteiger partial charge in [0, 0.05) is 61.7 Å². The van der Waals surface area contributed by atoms with Crippen molar-refractivity contribution in [1.29, 1.82) is 0 Å². The lowest BCUT2D eigenvalue weighted by atomic mass is 9.84. The van der Waals surface area contributed by atoms with Crippen molar-refractivity contribution >= 4 is 34.6 Å². The molecule has 3 amide bonds. The van der Waals surface area contributed by atoms with Crippen molar-refractivity contribution in [2.24, 2.45) is 23.2 Å². The molecule has 7 atom stereocenters. The number of esters is 1. The highest BCUT2D eigenvalue weighted by atomic mass is 16.5. The first-order valence-electron chi connectivity index (χ1n) is 23.5. The fourth-order valence-electron chi connectivity index (χ4n) is 10.9. The van der Waals surface area contributed by atoms with Gasteiger partial charge in [-0.2, -0.15) is 0 Å². The number of hydrogen-bond donors (Lipinski definition) is 3. The molecule has 3 aliphatic heterocycles. The molecule has 4 aliphatic rings. The summed E-state index contributed by atoms with van der Waals surface area (Å²) < 4.78 is 20.3. The van der Waals surface area contributed by atoms with Crippen LogP contribution in [0, 0.1) is 23.2 Å². The summed E-state index contributed by atoms with van der Waals surface area (Å²) in [6.45, 7) is 13.7. The summed E-state index contributed by atoms with van der Waals surface area (Å²) in [7, 11) is 3.32. The molecule has 0 radical (unpaired) electrons. The number of phenols is 1. The molecule has 3 fully saturated rings. The number of carbonyl (C=O) groups is 4. The lowest BCUT2D eigenvalue weighted by Gasteiger charge is -2.37. The Morgan fingerprint density at radius 2 is 1.86 bits per heavy atom. The summed E-state index contributed by atoms with van der Waals surface area (Å²) in [5.41, 5.74) is 9.71. The van der Waals surface area contributed by atoms with Crippen molar-refractivity contribution in [3.05, 3.63) is 71.5 Å². The van der Waals surface area contributed by atoms with Gasteiger partial charge in [-0.3, -0.25) is 29.2 Å². The van der Waals surface area contributed by atoms with Crippen LogP contribution in [0.2, 0.25) is 0 Å². The first kappa shape index (κ1) is 46.2. The van der Waals surface area contributed by atoms with Crippen LogP contribution >= 0.6 is 0 Å². The molecule has 348 valence electrons. The first-order chi connectivity index (χ1) is 31.1. The number of benzene rings is 2. The molecule has 2 aromatic carbocycles. The summed E-state index contributed by atoms with van der Waals surface area (Å²) in [4.78, 5) is 63.5. The van der Waals surface area contributed by atoms with Crippen molar-refractivity contribution in [3.8, 4) is 28.1 Å². The van der Waals surface area contributed by atoms with Crippen LogP contribution in [-0.2, 0) is 52.8 Å². The van der Waals surface area contributed by atoms with Gasteiger partial charge in [0.15, 0.2) is 0 Å². The highest BCUT2D eigenvalue weighted by molar-refractivity contribution is 5.96. The molecule has 65 heavy (non-hydrogen) atoms. The van der Waals surface area contributed by atoms with Gasteiger partial charge >= 0.3 is 5.97 Å². The minimum atomic E-state index is -1.12. The predicted molar refractivity (Wildman–Crippen MR) is 247 cm³/mol. The lowest BCUT2D eigenvalue weighted by molar-refractivity contribution is -0.155. The van der Waals surface area contributed by atoms with Gasteiger partial charge in [0.1, 0.15) is 30.0 Å². The minimum Gasteiger partial charge on any atom is -0.508 e. The maximum atomic E-state index is 14.7. The number of hydrazine groups is 1. The number of cyclic esters (lactones) is 1. The molecule has 1 aliphatic carbocycles. The summed E-state index contributed by atoms with van der Waals surface area (Å²) in [6, 6.07) is 12.8. The Kier molecular flexibility index (Phi) is 13.4. The third-order valence-corrected chi connectivity index (χ3v) is 14.2. The molecular formula is C51H66N6O8. The third-order valence-electron chi connectivity index (χ3n) is 14.2. The highest BCUT2D eigenvalue weighted by Crippen LogP contribution is 2.43. The monoisotopic (exact) mass is 890 g/mol. The summed E-state index contributed by atoms with van der Waals surface area (Å²) >= 11 is 0. The number of phenolic OH excluding ortho intramolecular Hbond substituents is 1. The lowest BCUT2D eigenvalue weighted by Crippen LogP contribution is -2.62. The standard InChI is InChI=1S/C51H66N6O8/c1-9-56-42-18-17-32-25-38(42)39(45(56)37-15-11-19-52-43(37)30(4)63-8)26-51(5,6)28-65-50(62)40-16-12-20-57(54-40)48(60)41(23-31-21-34(32)24-35(58)22-31)53-47(59)44(29(2)3)55(7)49(61)46-36-14-10-13-33(36)27-64-46/h11,15,17-19,21-22,24-25,29-30,33,36,40-41,44,46,54,58H,9-10,12-14,16,20,23,26-28H2,1-8H3,(H,53,59)/t30-,33-,36-,40-,41-,44-,46+/m0/s1. The zero-order valence-corrected chi connectivity index (χ0v) is 39.2. The Morgan fingerprint density at radius 1 is 1.06 bits per heavy atom. The molecule has 0 spiro atoms. The molecule has 1 saturated carbocycles. The van der Waals surface area contributed by atoms with Crippen molar-refractivity contribution in [3.63, 3.8) is 0 Å². The van der Waals surface area contributed by atoms with Crippen LogP contribution in [0.4, 0.5) is 0 Å². The molecule has 6 bridgehead atoms. The van der Waals surface area contributed by atoms with Crippen LogP contribution in [0.5, 0.6) is 5.75 Å². The Balaban J connectivity index is 1.21.